The summed E-state index contributed by atoms with van der Waals surface area (Å²) in [5, 5.41) is 3.64. The van der Waals surface area contributed by atoms with Gasteiger partial charge in [0.15, 0.2) is 5.76 Å². The molecule has 194 valence electrons. The molecule has 0 spiro atoms. The minimum atomic E-state index is -0.368. The van der Waals surface area contributed by atoms with Crippen molar-refractivity contribution in [1.82, 2.24) is 4.90 Å². The maximum absolute atomic E-state index is 12.8. The van der Waals surface area contributed by atoms with E-state index in [1.54, 1.807) is 61.7 Å². The van der Waals surface area contributed by atoms with Crippen LogP contribution in [0.2, 0.25) is 10.0 Å². The Bertz CT molecular complexity index is 1440. The van der Waals surface area contributed by atoms with Gasteiger partial charge in [-0.3, -0.25) is 9.59 Å². The molecule has 0 atom stereocenters. The number of hydrogen-bond donors (Lipinski definition) is 1. The van der Waals surface area contributed by atoms with Crippen molar-refractivity contribution < 1.29 is 18.7 Å². The van der Waals surface area contributed by atoms with Crippen molar-refractivity contribution in [1.29, 1.82) is 0 Å². The van der Waals surface area contributed by atoms with Crippen molar-refractivity contribution in [3.05, 3.63) is 100 Å². The van der Waals surface area contributed by atoms with E-state index in [4.69, 9.17) is 32.4 Å². The van der Waals surface area contributed by atoms with Gasteiger partial charge in [-0.1, -0.05) is 29.3 Å². The predicted octanol–water partition coefficient (Wildman–Crippen LogP) is 6.48. The number of piperazine rings is 1. The van der Waals surface area contributed by atoms with E-state index in [9.17, 15) is 9.59 Å². The molecule has 3 aromatic carbocycles. The molecular formula is C29H25Cl2N3O4. The third-order valence-corrected chi connectivity index (χ3v) is 7.26. The van der Waals surface area contributed by atoms with Crippen molar-refractivity contribution in [2.24, 2.45) is 0 Å². The molecule has 5 rings (SSSR count). The van der Waals surface area contributed by atoms with E-state index < -0.39 is 0 Å². The van der Waals surface area contributed by atoms with E-state index in [2.05, 4.69) is 10.2 Å². The summed E-state index contributed by atoms with van der Waals surface area (Å²) in [6.07, 6.45) is 0. The van der Waals surface area contributed by atoms with Crippen LogP contribution in [0.3, 0.4) is 0 Å². The van der Waals surface area contributed by atoms with Crippen LogP contribution in [-0.2, 0) is 0 Å². The monoisotopic (exact) mass is 549 g/mol. The Labute approximate surface area is 230 Å². The SMILES string of the molecule is COc1ccc(C(=O)N2CCN(c3ccc(NC(=O)c4ccc(-c5cccc(Cl)c5Cl)o4)cc3)CC2)cc1. The molecule has 1 aromatic heterocycles. The number of nitrogens with zero attached hydrogens (tertiary/aromatic N) is 2. The summed E-state index contributed by atoms with van der Waals surface area (Å²) in [7, 11) is 1.60. The molecule has 9 heteroatoms. The van der Waals surface area contributed by atoms with Gasteiger partial charge in [0.05, 0.1) is 17.2 Å². The summed E-state index contributed by atoms with van der Waals surface area (Å²) in [6.45, 7) is 2.69. The summed E-state index contributed by atoms with van der Waals surface area (Å²) in [6, 6.07) is 23.3. The maximum Gasteiger partial charge on any atom is 0.291 e. The standard InChI is InChI=1S/C29H25Cl2N3O4/c1-37-22-11-5-19(6-12-22)29(36)34-17-15-33(16-18-34)21-9-7-20(8-10-21)32-28(35)26-14-13-25(38-26)23-3-2-4-24(30)27(23)31/h2-14H,15-18H2,1H3,(H,32,35). The highest BCUT2D eigenvalue weighted by Crippen LogP contribution is 2.34. The van der Waals surface area contributed by atoms with Gasteiger partial charge in [0, 0.05) is 48.7 Å². The lowest BCUT2D eigenvalue weighted by molar-refractivity contribution is 0.0746. The molecule has 4 aromatic rings. The van der Waals surface area contributed by atoms with Crippen LogP contribution < -0.4 is 15.0 Å². The number of carbonyl (C=O) groups excluding carboxylic acids is 2. The number of hydrogen-bond acceptors (Lipinski definition) is 5. The van der Waals surface area contributed by atoms with Crippen molar-refractivity contribution in [3.8, 4) is 17.1 Å². The van der Waals surface area contributed by atoms with E-state index in [1.807, 2.05) is 29.2 Å². The number of amides is 2. The van der Waals surface area contributed by atoms with Crippen molar-refractivity contribution in [3.63, 3.8) is 0 Å². The molecule has 0 bridgehead atoms. The molecule has 1 N–H and O–H groups in total. The topological polar surface area (TPSA) is 75.0 Å². The van der Waals surface area contributed by atoms with E-state index in [0.717, 1.165) is 24.5 Å². The number of benzene rings is 3. The number of halogens is 2. The Hall–Kier alpha value is -3.94. The van der Waals surface area contributed by atoms with Crippen LogP contribution in [0.1, 0.15) is 20.9 Å². The number of furan rings is 1. The summed E-state index contributed by atoms with van der Waals surface area (Å²) in [5.41, 5.74) is 2.94. The highest BCUT2D eigenvalue weighted by molar-refractivity contribution is 6.43. The van der Waals surface area contributed by atoms with Gasteiger partial charge in [-0.15, -0.1) is 0 Å². The second-order valence-electron chi connectivity index (χ2n) is 8.77. The Morgan fingerprint density at radius 1 is 0.868 bits per heavy atom. The van der Waals surface area contributed by atoms with E-state index in [1.165, 1.54) is 0 Å². The molecule has 0 radical (unpaired) electrons. The lowest BCUT2D eigenvalue weighted by Gasteiger charge is -2.36. The molecule has 7 nitrogen and oxygen atoms in total. The third kappa shape index (κ3) is 5.49. The van der Waals surface area contributed by atoms with Crippen LogP contribution in [0.4, 0.5) is 11.4 Å². The first-order valence-corrected chi connectivity index (χ1v) is 12.8. The zero-order valence-electron chi connectivity index (χ0n) is 20.6. The van der Waals surface area contributed by atoms with Gasteiger partial charge in [0.25, 0.3) is 11.8 Å². The minimum Gasteiger partial charge on any atom is -0.497 e. The van der Waals surface area contributed by atoms with Crippen molar-refractivity contribution >= 4 is 46.4 Å². The molecule has 2 heterocycles. The smallest absolute Gasteiger partial charge is 0.291 e. The highest BCUT2D eigenvalue weighted by Gasteiger charge is 2.22. The van der Waals surface area contributed by atoms with Gasteiger partial charge in [0.1, 0.15) is 11.5 Å². The van der Waals surface area contributed by atoms with Gasteiger partial charge in [0.2, 0.25) is 0 Å². The maximum atomic E-state index is 12.8. The molecule has 0 aliphatic carbocycles. The Kier molecular flexibility index (Phi) is 7.58. The molecule has 1 aliphatic heterocycles. The fourth-order valence-corrected chi connectivity index (χ4v) is 4.72. The van der Waals surface area contributed by atoms with E-state index >= 15 is 0 Å². The van der Waals surface area contributed by atoms with Gasteiger partial charge in [-0.05, 0) is 72.8 Å². The number of ether oxygens (including phenoxy) is 1. The summed E-state index contributed by atoms with van der Waals surface area (Å²) in [5.74, 6) is 1.000. The Balaban J connectivity index is 1.17. The third-order valence-electron chi connectivity index (χ3n) is 6.44. The molecule has 1 aliphatic rings. The molecule has 2 amide bonds. The highest BCUT2D eigenvalue weighted by atomic mass is 35.5. The van der Waals surface area contributed by atoms with Gasteiger partial charge >= 0.3 is 0 Å². The molecule has 1 fully saturated rings. The second-order valence-corrected chi connectivity index (χ2v) is 9.56. The number of carbonyl (C=O) groups is 2. The lowest BCUT2D eigenvalue weighted by atomic mass is 10.1. The van der Waals surface area contributed by atoms with Crippen LogP contribution in [-0.4, -0.2) is 50.0 Å². The quantitative estimate of drug-likeness (QED) is 0.298. The van der Waals surface area contributed by atoms with Crippen molar-refractivity contribution in [2.45, 2.75) is 0 Å². The van der Waals surface area contributed by atoms with Gasteiger partial charge in [-0.25, -0.2) is 0 Å². The Morgan fingerprint density at radius 3 is 2.26 bits per heavy atom. The number of methoxy groups -OCH3 is 1. The fraction of sp³-hybridized carbons (Fsp3) is 0.172. The molecule has 0 saturated carbocycles. The first kappa shape index (κ1) is 25.7. The van der Waals surface area contributed by atoms with Crippen LogP contribution >= 0.6 is 23.2 Å². The number of rotatable bonds is 6. The average Bonchev–Trinajstić information content (AvgIpc) is 3.45. The van der Waals surface area contributed by atoms with E-state index in [-0.39, 0.29) is 17.6 Å². The van der Waals surface area contributed by atoms with Crippen molar-refractivity contribution in [2.75, 3.05) is 43.5 Å². The summed E-state index contributed by atoms with van der Waals surface area (Å²) in [4.78, 5) is 29.6. The van der Waals surface area contributed by atoms with Crippen LogP contribution in [0.15, 0.2) is 83.3 Å². The zero-order valence-corrected chi connectivity index (χ0v) is 22.1. The number of anilines is 2. The molecule has 1 saturated heterocycles. The summed E-state index contributed by atoms with van der Waals surface area (Å²) >= 11 is 12.4. The average molecular weight is 550 g/mol. The minimum absolute atomic E-state index is 0.0177. The van der Waals surface area contributed by atoms with Gasteiger partial charge < -0.3 is 24.3 Å². The van der Waals surface area contributed by atoms with E-state index in [0.29, 0.717) is 45.7 Å². The first-order valence-electron chi connectivity index (χ1n) is 12.1. The second kappa shape index (κ2) is 11.2. The molecule has 0 unspecified atom stereocenters. The fourth-order valence-electron chi connectivity index (χ4n) is 4.33. The van der Waals surface area contributed by atoms with Crippen LogP contribution in [0.5, 0.6) is 5.75 Å². The van der Waals surface area contributed by atoms with Gasteiger partial charge in [-0.2, -0.15) is 0 Å². The molecule has 38 heavy (non-hydrogen) atoms. The summed E-state index contributed by atoms with van der Waals surface area (Å²) < 4.78 is 10.9. The van der Waals surface area contributed by atoms with Crippen LogP contribution in [0.25, 0.3) is 11.3 Å². The molecular weight excluding hydrogens is 525 g/mol. The largest absolute Gasteiger partial charge is 0.497 e. The normalized spacial score (nSPS) is 13.3. The number of nitrogens with one attached hydrogen (secondary N) is 1. The zero-order chi connectivity index (χ0) is 26.6. The first-order chi connectivity index (χ1) is 18.4. The Morgan fingerprint density at radius 2 is 1.58 bits per heavy atom. The predicted molar refractivity (Wildman–Crippen MR) is 150 cm³/mol. The van der Waals surface area contributed by atoms with Crippen LogP contribution in [0, 0.1) is 0 Å². The lowest BCUT2D eigenvalue weighted by Crippen LogP contribution is -2.48.